The molecule has 0 bridgehead atoms. The van der Waals surface area contributed by atoms with Gasteiger partial charge in [-0.1, -0.05) is 13.8 Å². The Bertz CT molecular complexity index is 967. The summed E-state index contributed by atoms with van der Waals surface area (Å²) in [4.78, 5) is 54.8. The summed E-state index contributed by atoms with van der Waals surface area (Å²) in [5, 5.41) is 0. The molecule has 168 valence electrons. The number of imide groups is 1. The maximum atomic E-state index is 12.5. The third-order valence-electron chi connectivity index (χ3n) is 5.56. The average Bonchev–Trinajstić information content (AvgIpc) is 2.75. The highest BCUT2D eigenvalue weighted by Gasteiger charge is 2.38. The zero-order chi connectivity index (χ0) is 22.7. The summed E-state index contributed by atoms with van der Waals surface area (Å²) in [6.07, 6.45) is 6.53. The molecule has 2 aliphatic rings. The summed E-state index contributed by atoms with van der Waals surface area (Å²) in [6.45, 7) is 6.95. The highest BCUT2D eigenvalue weighted by Crippen LogP contribution is 2.34. The predicted molar refractivity (Wildman–Crippen MR) is 115 cm³/mol. The molecule has 2 aromatic rings. The van der Waals surface area contributed by atoms with Crippen molar-refractivity contribution in [2.24, 2.45) is 5.41 Å². The van der Waals surface area contributed by atoms with Crippen LogP contribution in [0.25, 0.3) is 0 Å². The van der Waals surface area contributed by atoms with Gasteiger partial charge in [0.25, 0.3) is 0 Å². The number of amides is 3. The summed E-state index contributed by atoms with van der Waals surface area (Å²) >= 11 is 0. The first-order valence-electron chi connectivity index (χ1n) is 10.6. The van der Waals surface area contributed by atoms with E-state index in [9.17, 15) is 14.4 Å². The normalized spacial score (nSPS) is 19.2. The van der Waals surface area contributed by atoms with Crippen LogP contribution in [0.4, 0.5) is 10.5 Å². The first-order valence-corrected chi connectivity index (χ1v) is 10.6. The van der Waals surface area contributed by atoms with Crippen molar-refractivity contribution in [3.63, 3.8) is 0 Å². The van der Waals surface area contributed by atoms with E-state index < -0.39 is 6.09 Å². The van der Waals surface area contributed by atoms with E-state index in [0.29, 0.717) is 38.4 Å². The first kappa shape index (κ1) is 21.8. The van der Waals surface area contributed by atoms with Crippen LogP contribution >= 0.6 is 0 Å². The molecular weight excluding hydrogens is 412 g/mol. The summed E-state index contributed by atoms with van der Waals surface area (Å²) in [6, 6.07) is 3.07. The van der Waals surface area contributed by atoms with Gasteiger partial charge in [-0.15, -0.1) is 0 Å². The molecule has 0 spiro atoms. The third-order valence-corrected chi connectivity index (χ3v) is 5.56. The van der Waals surface area contributed by atoms with Gasteiger partial charge in [-0.05, 0) is 11.5 Å². The van der Waals surface area contributed by atoms with Gasteiger partial charge in [-0.2, -0.15) is 0 Å². The number of rotatable bonds is 4. The van der Waals surface area contributed by atoms with Crippen molar-refractivity contribution >= 4 is 23.6 Å². The Hall–Kier alpha value is -3.40. The average molecular weight is 438 g/mol. The van der Waals surface area contributed by atoms with E-state index in [1.807, 2.05) is 13.8 Å². The molecule has 2 fully saturated rings. The minimum Gasteiger partial charge on any atom is -0.391 e. The molecular formula is C22H26N6O4. The number of nitrogens with zero attached hydrogens (tertiary/aromatic N) is 6. The van der Waals surface area contributed by atoms with Gasteiger partial charge in [0, 0.05) is 70.2 Å². The first-order chi connectivity index (χ1) is 15.3. The molecule has 4 heterocycles. The smallest absolute Gasteiger partial charge is 0.391 e. The molecule has 2 saturated heterocycles. The molecule has 10 nitrogen and oxygen atoms in total. The van der Waals surface area contributed by atoms with E-state index in [2.05, 4.69) is 19.9 Å². The van der Waals surface area contributed by atoms with Crippen molar-refractivity contribution < 1.29 is 19.1 Å². The Morgan fingerprint density at radius 3 is 2.31 bits per heavy atom. The highest BCUT2D eigenvalue weighted by atomic mass is 16.6. The highest BCUT2D eigenvalue weighted by molar-refractivity contribution is 6.16. The molecule has 0 aliphatic carbocycles. The van der Waals surface area contributed by atoms with Gasteiger partial charge >= 0.3 is 6.09 Å². The van der Waals surface area contributed by atoms with Gasteiger partial charge in [0.1, 0.15) is 0 Å². The fourth-order valence-corrected chi connectivity index (χ4v) is 3.91. The maximum absolute atomic E-state index is 12.5. The van der Waals surface area contributed by atoms with Crippen LogP contribution in [0.1, 0.15) is 32.4 Å². The van der Waals surface area contributed by atoms with Crippen molar-refractivity contribution in [3.8, 4) is 5.88 Å². The summed E-state index contributed by atoms with van der Waals surface area (Å²) in [5.41, 5.74) is 0.932. The second kappa shape index (κ2) is 8.99. The summed E-state index contributed by atoms with van der Waals surface area (Å²) in [5.74, 6) is -0.382. The van der Waals surface area contributed by atoms with Gasteiger partial charge in [0.15, 0.2) is 0 Å². The third kappa shape index (κ3) is 5.08. The molecule has 2 aromatic heterocycles. The lowest BCUT2D eigenvalue weighted by atomic mass is 9.81. The van der Waals surface area contributed by atoms with Gasteiger partial charge in [0.05, 0.1) is 17.6 Å². The van der Waals surface area contributed by atoms with E-state index in [1.165, 1.54) is 12.3 Å². The van der Waals surface area contributed by atoms with Gasteiger partial charge in [-0.25, -0.2) is 14.7 Å². The number of piperazine rings is 1. The zero-order valence-corrected chi connectivity index (χ0v) is 18.2. The molecule has 10 heteroatoms. The Morgan fingerprint density at radius 2 is 1.72 bits per heavy atom. The fraction of sp³-hybridized carbons (Fsp3) is 0.455. The number of anilines is 1. The topological polar surface area (TPSA) is 109 Å². The van der Waals surface area contributed by atoms with Crippen LogP contribution in [0.2, 0.25) is 0 Å². The largest absolute Gasteiger partial charge is 0.416 e. The molecule has 0 N–H and O–H groups in total. The Morgan fingerprint density at radius 1 is 1.00 bits per heavy atom. The van der Waals surface area contributed by atoms with Crippen molar-refractivity contribution in [1.82, 2.24) is 24.8 Å². The Kier molecular flexibility index (Phi) is 6.13. The van der Waals surface area contributed by atoms with Crippen LogP contribution in [0.15, 0.2) is 36.9 Å². The predicted octanol–water partition coefficient (Wildman–Crippen LogP) is 1.87. The van der Waals surface area contributed by atoms with Crippen LogP contribution in [0.5, 0.6) is 5.88 Å². The number of carbonyl (C=O) groups is 3. The van der Waals surface area contributed by atoms with Gasteiger partial charge in [0.2, 0.25) is 17.7 Å². The number of hydrogen-bond acceptors (Lipinski definition) is 8. The molecule has 3 amide bonds. The quantitative estimate of drug-likeness (QED) is 0.666. The van der Waals surface area contributed by atoms with Crippen molar-refractivity contribution in [2.45, 2.75) is 33.2 Å². The van der Waals surface area contributed by atoms with Crippen LogP contribution in [0.3, 0.4) is 0 Å². The monoisotopic (exact) mass is 438 g/mol. The van der Waals surface area contributed by atoms with E-state index >= 15 is 0 Å². The number of carbonyl (C=O) groups excluding carboxylic acids is 3. The lowest BCUT2D eigenvalue weighted by molar-refractivity contribution is -0.132. The Balaban J connectivity index is 1.30. The molecule has 0 atom stereocenters. The van der Waals surface area contributed by atoms with Crippen LogP contribution in [-0.2, 0) is 16.1 Å². The minimum atomic E-state index is -0.476. The summed E-state index contributed by atoms with van der Waals surface area (Å²) in [7, 11) is 0. The number of aromatic nitrogens is 3. The van der Waals surface area contributed by atoms with Gasteiger partial charge < -0.3 is 9.64 Å². The number of pyridine rings is 1. The van der Waals surface area contributed by atoms with Crippen molar-refractivity contribution in [1.29, 1.82) is 0 Å². The SMILES string of the molecule is CC1(C)CC(=O)N(c2ccc(OC(=O)N3CCN(Cc4cnccn4)CC3)nc2)C(=O)C1. The summed E-state index contributed by atoms with van der Waals surface area (Å²) < 4.78 is 5.38. The van der Waals surface area contributed by atoms with E-state index in [4.69, 9.17) is 4.74 Å². The standard InChI is InChI=1S/C22H26N6O4/c1-22(2)11-19(29)28(20(30)12-22)17-3-4-18(25-14-17)32-21(31)27-9-7-26(8-10-27)15-16-13-23-5-6-24-16/h3-6,13-14H,7-12,15H2,1-2H3. The van der Waals surface area contributed by atoms with Crippen molar-refractivity contribution in [2.75, 3.05) is 31.1 Å². The minimum absolute atomic E-state index is 0.123. The molecule has 0 aromatic carbocycles. The van der Waals surface area contributed by atoms with Crippen molar-refractivity contribution in [3.05, 3.63) is 42.6 Å². The number of piperidine rings is 1. The second-order valence-corrected chi connectivity index (χ2v) is 8.82. The number of ether oxygens (including phenoxy) is 1. The van der Waals surface area contributed by atoms with Crippen LogP contribution in [-0.4, -0.2) is 68.8 Å². The number of hydrogen-bond donors (Lipinski definition) is 0. The maximum Gasteiger partial charge on any atom is 0.416 e. The second-order valence-electron chi connectivity index (χ2n) is 8.82. The lowest BCUT2D eigenvalue weighted by Crippen LogP contribution is -2.49. The van der Waals surface area contributed by atoms with Crippen LogP contribution < -0.4 is 9.64 Å². The molecule has 0 radical (unpaired) electrons. The lowest BCUT2D eigenvalue weighted by Gasteiger charge is -2.34. The molecule has 2 aliphatic heterocycles. The zero-order valence-electron chi connectivity index (χ0n) is 18.2. The molecule has 4 rings (SSSR count). The van der Waals surface area contributed by atoms with Crippen LogP contribution in [0, 0.1) is 5.41 Å². The Labute approximate surface area is 186 Å². The molecule has 0 saturated carbocycles. The van der Waals surface area contributed by atoms with E-state index in [-0.39, 0.29) is 36.0 Å². The molecule has 32 heavy (non-hydrogen) atoms. The fourth-order valence-electron chi connectivity index (χ4n) is 3.91. The van der Waals surface area contributed by atoms with Gasteiger partial charge in [-0.3, -0.25) is 24.5 Å². The molecule has 0 unspecified atom stereocenters. The van der Waals surface area contributed by atoms with E-state index in [1.54, 1.807) is 29.6 Å². The van der Waals surface area contributed by atoms with E-state index in [0.717, 1.165) is 10.6 Å².